The Balaban J connectivity index is 2.67. The highest BCUT2D eigenvalue weighted by Gasteiger charge is 2.09. The third-order valence-corrected chi connectivity index (χ3v) is 2.23. The quantitative estimate of drug-likeness (QED) is 0.577. The molecule has 0 aromatic carbocycles. The van der Waals surface area contributed by atoms with Crippen molar-refractivity contribution in [2.45, 2.75) is 25.8 Å². The molecule has 0 aliphatic carbocycles. The molecule has 0 fully saturated rings. The number of rotatable bonds is 5. The van der Waals surface area contributed by atoms with Crippen molar-refractivity contribution in [3.63, 3.8) is 0 Å². The summed E-state index contributed by atoms with van der Waals surface area (Å²) in [6, 6.07) is 0.312. The number of hydrogen-bond acceptors (Lipinski definition) is 5. The fourth-order valence-electron chi connectivity index (χ4n) is 1.22. The van der Waals surface area contributed by atoms with Gasteiger partial charge in [-0.3, -0.25) is 10.1 Å². The van der Waals surface area contributed by atoms with E-state index in [1.54, 1.807) is 0 Å². The van der Waals surface area contributed by atoms with E-state index in [2.05, 4.69) is 22.2 Å². The zero-order chi connectivity index (χ0) is 11.3. The van der Waals surface area contributed by atoms with Crippen LogP contribution in [0.2, 0.25) is 0 Å². The maximum Gasteiger partial charge on any atom is 0.305 e. The Morgan fingerprint density at radius 2 is 2.13 bits per heavy atom. The summed E-state index contributed by atoms with van der Waals surface area (Å²) in [6.45, 7) is 2.06. The normalized spacial score (nSPS) is 12.4. The number of likely N-dealkylation sites (N-methyl/N-ethyl adjacent to an activating group) is 1. The Labute approximate surface area is 87.9 Å². The lowest BCUT2D eigenvalue weighted by Crippen LogP contribution is -2.27. The summed E-state index contributed by atoms with van der Waals surface area (Å²) in [5.74, 6) is 0.627. The second-order valence-corrected chi connectivity index (χ2v) is 3.21. The smallest absolute Gasteiger partial charge is 0.305 e. The summed E-state index contributed by atoms with van der Waals surface area (Å²) in [5.41, 5.74) is -0.0729. The van der Waals surface area contributed by atoms with E-state index in [0.717, 1.165) is 6.42 Å². The van der Waals surface area contributed by atoms with Crippen molar-refractivity contribution in [3.8, 4) is 0 Å². The monoisotopic (exact) mass is 210 g/mol. The molecule has 0 saturated heterocycles. The lowest BCUT2D eigenvalue weighted by Gasteiger charge is -2.11. The van der Waals surface area contributed by atoms with Crippen molar-refractivity contribution in [1.29, 1.82) is 0 Å². The first kappa shape index (κ1) is 11.5. The molecule has 6 nitrogen and oxygen atoms in total. The van der Waals surface area contributed by atoms with Crippen molar-refractivity contribution < 1.29 is 4.92 Å². The van der Waals surface area contributed by atoms with E-state index in [1.807, 2.05) is 7.05 Å². The fraction of sp³-hybridized carbons (Fsp3) is 0.556. The van der Waals surface area contributed by atoms with Gasteiger partial charge in [0, 0.05) is 12.5 Å². The Morgan fingerprint density at radius 1 is 1.53 bits per heavy atom. The minimum Gasteiger partial charge on any atom is -0.317 e. The lowest BCUT2D eigenvalue weighted by atomic mass is 10.1. The highest BCUT2D eigenvalue weighted by atomic mass is 16.6. The minimum absolute atomic E-state index is 0.0729. The minimum atomic E-state index is -0.501. The molecule has 0 spiro atoms. The Bertz CT molecular complexity index is 321. The Hall–Kier alpha value is -1.56. The molecule has 1 aromatic heterocycles. The summed E-state index contributed by atoms with van der Waals surface area (Å²) in [7, 11) is 1.87. The summed E-state index contributed by atoms with van der Waals surface area (Å²) < 4.78 is 0. The van der Waals surface area contributed by atoms with Gasteiger partial charge in [-0.05, 0) is 13.5 Å². The van der Waals surface area contributed by atoms with Crippen LogP contribution >= 0.6 is 0 Å². The number of hydrogen-bond donors (Lipinski definition) is 1. The highest BCUT2D eigenvalue weighted by molar-refractivity contribution is 5.20. The van der Waals surface area contributed by atoms with Crippen LogP contribution < -0.4 is 5.32 Å². The molecule has 0 amide bonds. The van der Waals surface area contributed by atoms with Gasteiger partial charge in [-0.15, -0.1) is 0 Å². The molecule has 0 bridgehead atoms. The fourth-order valence-corrected chi connectivity index (χ4v) is 1.22. The van der Waals surface area contributed by atoms with Crippen molar-refractivity contribution in [2.75, 3.05) is 7.05 Å². The van der Waals surface area contributed by atoms with Crippen LogP contribution in [0.3, 0.4) is 0 Å². The lowest BCUT2D eigenvalue weighted by molar-refractivity contribution is -0.385. The Morgan fingerprint density at radius 3 is 2.53 bits per heavy atom. The molecule has 82 valence electrons. The molecule has 0 aliphatic heterocycles. The summed E-state index contributed by atoms with van der Waals surface area (Å²) in [4.78, 5) is 17.7. The molecule has 0 aliphatic rings. The van der Waals surface area contributed by atoms with Crippen LogP contribution in [0.1, 0.15) is 19.2 Å². The number of nitrogens with zero attached hydrogens (tertiary/aromatic N) is 3. The number of aromatic nitrogens is 2. The zero-order valence-corrected chi connectivity index (χ0v) is 8.80. The molecular formula is C9H14N4O2. The van der Waals surface area contributed by atoms with Crippen molar-refractivity contribution in [2.24, 2.45) is 0 Å². The van der Waals surface area contributed by atoms with E-state index in [9.17, 15) is 10.1 Å². The average molecular weight is 210 g/mol. The third kappa shape index (κ3) is 3.25. The van der Waals surface area contributed by atoms with Crippen molar-refractivity contribution in [1.82, 2.24) is 15.3 Å². The van der Waals surface area contributed by atoms with Crippen LogP contribution in [0.4, 0.5) is 5.69 Å². The molecule has 1 N–H and O–H groups in total. The number of nitrogens with one attached hydrogen (secondary N) is 1. The van der Waals surface area contributed by atoms with Gasteiger partial charge in [0.05, 0.1) is 4.92 Å². The average Bonchev–Trinajstić information content (AvgIpc) is 2.26. The first-order chi connectivity index (χ1) is 7.17. The molecule has 6 heteroatoms. The summed E-state index contributed by atoms with van der Waals surface area (Å²) >= 11 is 0. The van der Waals surface area contributed by atoms with Crippen LogP contribution in [0.5, 0.6) is 0 Å². The van der Waals surface area contributed by atoms with Crippen LogP contribution in [-0.4, -0.2) is 28.0 Å². The zero-order valence-electron chi connectivity index (χ0n) is 8.80. The predicted molar refractivity (Wildman–Crippen MR) is 55.5 cm³/mol. The molecule has 1 aromatic rings. The van der Waals surface area contributed by atoms with E-state index in [0.29, 0.717) is 18.3 Å². The first-order valence-corrected chi connectivity index (χ1v) is 4.80. The van der Waals surface area contributed by atoms with E-state index >= 15 is 0 Å². The van der Waals surface area contributed by atoms with Gasteiger partial charge in [0.15, 0.2) is 0 Å². The molecule has 0 saturated carbocycles. The van der Waals surface area contributed by atoms with Crippen molar-refractivity contribution >= 4 is 5.69 Å². The number of nitro groups is 1. The van der Waals surface area contributed by atoms with E-state index < -0.39 is 4.92 Å². The molecule has 15 heavy (non-hydrogen) atoms. The van der Waals surface area contributed by atoms with Gasteiger partial charge in [0.2, 0.25) is 0 Å². The second-order valence-electron chi connectivity index (χ2n) is 3.21. The first-order valence-electron chi connectivity index (χ1n) is 4.80. The SMILES string of the molecule is CCC(Cc1ncc([N+](=O)[O-])cn1)NC. The standard InChI is InChI=1S/C9H14N4O2/c1-3-7(10-2)4-9-11-5-8(6-12-9)13(14)15/h5-7,10H,3-4H2,1-2H3. The largest absolute Gasteiger partial charge is 0.317 e. The van der Waals surface area contributed by atoms with Gasteiger partial charge >= 0.3 is 5.69 Å². The van der Waals surface area contributed by atoms with Crippen molar-refractivity contribution in [3.05, 3.63) is 28.3 Å². The molecule has 1 unspecified atom stereocenters. The van der Waals surface area contributed by atoms with Gasteiger partial charge < -0.3 is 5.32 Å². The van der Waals surface area contributed by atoms with Crippen LogP contribution in [-0.2, 0) is 6.42 Å². The van der Waals surface area contributed by atoms with Crippen LogP contribution in [0.25, 0.3) is 0 Å². The predicted octanol–water partition coefficient (Wildman–Crippen LogP) is 0.925. The maximum absolute atomic E-state index is 10.4. The third-order valence-electron chi connectivity index (χ3n) is 2.23. The van der Waals surface area contributed by atoms with Gasteiger partial charge in [0.25, 0.3) is 0 Å². The molecule has 0 radical (unpaired) electrons. The summed E-state index contributed by atoms with van der Waals surface area (Å²) in [5, 5.41) is 13.5. The van der Waals surface area contributed by atoms with Gasteiger partial charge in [-0.2, -0.15) is 0 Å². The second kappa shape index (κ2) is 5.35. The highest BCUT2D eigenvalue weighted by Crippen LogP contribution is 2.07. The molecule has 1 heterocycles. The maximum atomic E-state index is 10.4. The van der Waals surface area contributed by atoms with Crippen LogP contribution in [0, 0.1) is 10.1 Å². The van der Waals surface area contributed by atoms with Crippen LogP contribution in [0.15, 0.2) is 12.4 Å². The van der Waals surface area contributed by atoms with Gasteiger partial charge in [-0.25, -0.2) is 9.97 Å². The summed E-state index contributed by atoms with van der Waals surface area (Å²) in [6.07, 6.45) is 4.14. The molecular weight excluding hydrogens is 196 g/mol. The Kier molecular flexibility index (Phi) is 4.11. The van der Waals surface area contributed by atoms with E-state index in [-0.39, 0.29) is 5.69 Å². The van der Waals surface area contributed by atoms with E-state index in [4.69, 9.17) is 0 Å². The van der Waals surface area contributed by atoms with E-state index in [1.165, 1.54) is 12.4 Å². The molecule has 1 rings (SSSR count). The topological polar surface area (TPSA) is 81.0 Å². The molecule has 1 atom stereocenters. The van der Waals surface area contributed by atoms with Gasteiger partial charge in [-0.1, -0.05) is 6.92 Å². The van der Waals surface area contributed by atoms with Gasteiger partial charge in [0.1, 0.15) is 18.2 Å².